The molecule has 0 radical (unpaired) electrons. The van der Waals surface area contributed by atoms with Gasteiger partial charge < -0.3 is 9.84 Å². The second-order valence-corrected chi connectivity index (χ2v) is 3.55. The summed E-state index contributed by atoms with van der Waals surface area (Å²) >= 11 is 0. The Bertz CT molecular complexity index is 585. The van der Waals surface area contributed by atoms with Gasteiger partial charge in [0, 0.05) is 16.8 Å². The molecule has 0 atom stereocenters. The lowest BCUT2D eigenvalue weighted by atomic mass is 10.1. The molecule has 0 saturated carbocycles. The molecule has 0 aromatic heterocycles. The Hall–Kier alpha value is -2.29. The monoisotopic (exact) mass is 228 g/mol. The van der Waals surface area contributed by atoms with E-state index in [1.807, 2.05) is 12.1 Å². The third-order valence-electron chi connectivity index (χ3n) is 2.37. The van der Waals surface area contributed by atoms with Gasteiger partial charge in [0.05, 0.1) is 0 Å². The molecule has 3 heteroatoms. The maximum Gasteiger partial charge on any atom is 0.335 e. The van der Waals surface area contributed by atoms with Crippen molar-refractivity contribution in [1.29, 1.82) is 0 Å². The molecule has 0 aliphatic heterocycles. The Morgan fingerprint density at radius 2 is 1.88 bits per heavy atom. The van der Waals surface area contributed by atoms with Crippen molar-refractivity contribution in [3.8, 4) is 11.5 Å². The number of carbonyl (C=O) groups is 1. The number of phenolic OH excluding ortho intramolecular Hbond substituents is 1. The molecular formula is C14H12O3. The average Bonchev–Trinajstić information content (AvgIpc) is 2.34. The molecule has 2 rings (SSSR count). The van der Waals surface area contributed by atoms with Gasteiger partial charge in [0.2, 0.25) is 0 Å². The second kappa shape index (κ2) is 4.70. The van der Waals surface area contributed by atoms with Crippen molar-refractivity contribution in [3.05, 3.63) is 48.6 Å². The normalized spacial score (nSPS) is 10.9. The van der Waals surface area contributed by atoms with Crippen LogP contribution in [0.1, 0.15) is 6.92 Å². The van der Waals surface area contributed by atoms with E-state index < -0.39 is 5.97 Å². The van der Waals surface area contributed by atoms with Crippen LogP contribution in [0.3, 0.4) is 0 Å². The highest BCUT2D eigenvalue weighted by Crippen LogP contribution is 2.32. The van der Waals surface area contributed by atoms with E-state index in [9.17, 15) is 9.90 Å². The van der Waals surface area contributed by atoms with Crippen LogP contribution in [0.4, 0.5) is 0 Å². The van der Waals surface area contributed by atoms with Crippen LogP contribution in [0.5, 0.6) is 11.5 Å². The molecule has 0 aliphatic rings. The van der Waals surface area contributed by atoms with E-state index in [-0.39, 0.29) is 5.75 Å². The van der Waals surface area contributed by atoms with Gasteiger partial charge in [0.15, 0.2) is 0 Å². The summed E-state index contributed by atoms with van der Waals surface area (Å²) in [6.45, 7) is 1.75. The number of rotatable bonds is 2. The Morgan fingerprint density at radius 3 is 2.59 bits per heavy atom. The number of phenols is 1. The topological polar surface area (TPSA) is 46.5 Å². The van der Waals surface area contributed by atoms with Crippen molar-refractivity contribution >= 4 is 16.7 Å². The predicted molar refractivity (Wildman–Crippen MR) is 66.1 cm³/mol. The van der Waals surface area contributed by atoms with E-state index in [0.29, 0.717) is 16.5 Å². The number of hydrogen-bond donors (Lipinski definition) is 1. The fourth-order valence-corrected chi connectivity index (χ4v) is 1.62. The molecule has 86 valence electrons. The van der Waals surface area contributed by atoms with Crippen LogP contribution in [0.25, 0.3) is 10.8 Å². The van der Waals surface area contributed by atoms with E-state index >= 15 is 0 Å². The van der Waals surface area contributed by atoms with Gasteiger partial charge in [-0.2, -0.15) is 0 Å². The molecule has 0 bridgehead atoms. The highest BCUT2D eigenvalue weighted by Gasteiger charge is 2.07. The van der Waals surface area contributed by atoms with Crippen LogP contribution < -0.4 is 4.74 Å². The molecule has 0 fully saturated rings. The van der Waals surface area contributed by atoms with Crippen LogP contribution in [0.2, 0.25) is 0 Å². The van der Waals surface area contributed by atoms with Crippen molar-refractivity contribution in [1.82, 2.24) is 0 Å². The van der Waals surface area contributed by atoms with Crippen LogP contribution in [-0.2, 0) is 4.79 Å². The van der Waals surface area contributed by atoms with Crippen molar-refractivity contribution in [2.75, 3.05) is 0 Å². The van der Waals surface area contributed by atoms with Crippen LogP contribution in [-0.4, -0.2) is 11.1 Å². The van der Waals surface area contributed by atoms with Gasteiger partial charge in [0.25, 0.3) is 0 Å². The van der Waals surface area contributed by atoms with E-state index in [1.165, 1.54) is 12.1 Å². The summed E-state index contributed by atoms with van der Waals surface area (Å²) in [6, 6.07) is 10.3. The second-order valence-electron chi connectivity index (χ2n) is 3.55. The molecule has 0 amide bonds. The largest absolute Gasteiger partial charge is 0.507 e. The lowest BCUT2D eigenvalue weighted by Crippen LogP contribution is -2.03. The summed E-state index contributed by atoms with van der Waals surface area (Å²) in [4.78, 5) is 11.4. The minimum atomic E-state index is -0.427. The van der Waals surface area contributed by atoms with E-state index in [1.54, 1.807) is 31.2 Å². The molecule has 0 heterocycles. The number of ether oxygens (including phenoxy) is 1. The van der Waals surface area contributed by atoms with Crippen molar-refractivity contribution in [3.63, 3.8) is 0 Å². The SMILES string of the molecule is C/C=C/C(=O)Oc1ccc(O)c2ccccc12. The van der Waals surface area contributed by atoms with Gasteiger partial charge >= 0.3 is 5.97 Å². The Balaban J connectivity index is 2.48. The molecule has 17 heavy (non-hydrogen) atoms. The zero-order chi connectivity index (χ0) is 12.3. The minimum absolute atomic E-state index is 0.173. The van der Waals surface area contributed by atoms with Crippen molar-refractivity contribution in [2.45, 2.75) is 6.92 Å². The van der Waals surface area contributed by atoms with Crippen LogP contribution in [0.15, 0.2) is 48.6 Å². The third-order valence-corrected chi connectivity index (χ3v) is 2.37. The molecule has 1 N–H and O–H groups in total. The molecular weight excluding hydrogens is 216 g/mol. The lowest BCUT2D eigenvalue weighted by molar-refractivity contribution is -0.128. The highest BCUT2D eigenvalue weighted by molar-refractivity contribution is 5.95. The van der Waals surface area contributed by atoms with Crippen LogP contribution in [0, 0.1) is 0 Å². The number of allylic oxidation sites excluding steroid dienone is 1. The summed E-state index contributed by atoms with van der Waals surface area (Å²) in [6.07, 6.45) is 2.96. The maximum atomic E-state index is 11.4. The Morgan fingerprint density at radius 1 is 1.18 bits per heavy atom. The summed E-state index contributed by atoms with van der Waals surface area (Å²) in [5.41, 5.74) is 0. The maximum absolute atomic E-state index is 11.4. The zero-order valence-corrected chi connectivity index (χ0v) is 9.38. The van der Waals surface area contributed by atoms with Gasteiger partial charge in [-0.3, -0.25) is 0 Å². The smallest absolute Gasteiger partial charge is 0.335 e. The summed E-state index contributed by atoms with van der Waals surface area (Å²) in [5.74, 6) is 0.191. The van der Waals surface area contributed by atoms with Crippen molar-refractivity contribution in [2.24, 2.45) is 0 Å². The fourth-order valence-electron chi connectivity index (χ4n) is 1.62. The van der Waals surface area contributed by atoms with Gasteiger partial charge in [-0.15, -0.1) is 0 Å². The molecule has 2 aromatic rings. The highest BCUT2D eigenvalue weighted by atomic mass is 16.5. The van der Waals surface area contributed by atoms with Gasteiger partial charge in [0.1, 0.15) is 11.5 Å². The predicted octanol–water partition coefficient (Wildman–Crippen LogP) is 3.03. The number of esters is 1. The molecule has 0 spiro atoms. The Kier molecular flexibility index (Phi) is 3.10. The number of benzene rings is 2. The number of hydrogen-bond acceptors (Lipinski definition) is 3. The fraction of sp³-hybridized carbons (Fsp3) is 0.0714. The molecule has 0 aliphatic carbocycles. The summed E-state index contributed by atoms with van der Waals surface area (Å²) in [7, 11) is 0. The number of fused-ring (bicyclic) bond motifs is 1. The molecule has 0 unspecified atom stereocenters. The number of carbonyl (C=O) groups excluding carboxylic acids is 1. The summed E-state index contributed by atoms with van der Waals surface area (Å²) in [5, 5.41) is 11.1. The van der Waals surface area contributed by atoms with E-state index in [4.69, 9.17) is 4.74 Å². The van der Waals surface area contributed by atoms with Gasteiger partial charge in [-0.25, -0.2) is 4.79 Å². The third kappa shape index (κ3) is 2.28. The minimum Gasteiger partial charge on any atom is -0.507 e. The van der Waals surface area contributed by atoms with Crippen molar-refractivity contribution < 1.29 is 14.6 Å². The molecule has 0 saturated heterocycles. The number of aromatic hydroxyl groups is 1. The van der Waals surface area contributed by atoms with Gasteiger partial charge in [-0.1, -0.05) is 30.3 Å². The first-order valence-electron chi connectivity index (χ1n) is 5.27. The van der Waals surface area contributed by atoms with Gasteiger partial charge in [-0.05, 0) is 19.1 Å². The average molecular weight is 228 g/mol. The van der Waals surface area contributed by atoms with E-state index in [2.05, 4.69) is 0 Å². The first-order chi connectivity index (χ1) is 8.22. The first kappa shape index (κ1) is 11.2. The molecule has 3 nitrogen and oxygen atoms in total. The lowest BCUT2D eigenvalue weighted by Gasteiger charge is -2.07. The standard InChI is InChI=1S/C14H12O3/c1-2-5-14(16)17-13-9-8-12(15)10-6-3-4-7-11(10)13/h2-9,15H,1H3/b5-2+. The summed E-state index contributed by atoms with van der Waals surface area (Å²) < 4.78 is 5.19. The van der Waals surface area contributed by atoms with Crippen LogP contribution >= 0.6 is 0 Å². The van der Waals surface area contributed by atoms with E-state index in [0.717, 1.165) is 0 Å². The molecule has 2 aromatic carbocycles. The Labute approximate surface area is 99.0 Å². The quantitative estimate of drug-likeness (QED) is 0.488. The first-order valence-corrected chi connectivity index (χ1v) is 5.27. The zero-order valence-electron chi connectivity index (χ0n) is 9.38.